The molecule has 1 aromatic heterocycles. The van der Waals surface area contributed by atoms with Gasteiger partial charge in [0.25, 0.3) is 5.91 Å². The lowest BCUT2D eigenvalue weighted by Crippen LogP contribution is -2.42. The van der Waals surface area contributed by atoms with Crippen LogP contribution in [0.3, 0.4) is 0 Å². The number of aliphatic carboxylic acids is 1. The summed E-state index contributed by atoms with van der Waals surface area (Å²) in [6.45, 7) is 3.35. The Morgan fingerprint density at radius 1 is 1.10 bits per heavy atom. The highest BCUT2D eigenvalue weighted by Crippen LogP contribution is 2.32. The van der Waals surface area contributed by atoms with E-state index in [9.17, 15) is 19.5 Å². The molecule has 0 spiro atoms. The van der Waals surface area contributed by atoms with E-state index in [0.717, 1.165) is 0 Å². The number of anilines is 1. The summed E-state index contributed by atoms with van der Waals surface area (Å²) < 4.78 is 10.9. The third-order valence-corrected chi connectivity index (χ3v) is 6.57. The molecule has 0 radical (unpaired) electrons. The highest BCUT2D eigenvalue weighted by Gasteiger charge is 2.23. The number of aryl methyl sites for hydroxylation is 1. The van der Waals surface area contributed by atoms with Gasteiger partial charge in [0.1, 0.15) is 23.5 Å². The SMILES string of the molecule is Cc1noc(-c2ccc(C(=O)NC(Cc3cccc(C#N)c3)C(=O)O)cc2)c1NC(=O)OC(C)c1ccccc1Cl. The molecule has 11 heteroatoms. The molecule has 3 N–H and O–H groups in total. The lowest BCUT2D eigenvalue weighted by Gasteiger charge is -2.16. The Balaban J connectivity index is 1.44. The van der Waals surface area contributed by atoms with Gasteiger partial charge in [0, 0.05) is 28.1 Å². The molecule has 3 aromatic carbocycles. The second kappa shape index (κ2) is 12.8. The minimum absolute atomic E-state index is 0.00619. The summed E-state index contributed by atoms with van der Waals surface area (Å²) in [4.78, 5) is 37.3. The zero-order chi connectivity index (χ0) is 29.5. The monoisotopic (exact) mass is 572 g/mol. The molecule has 4 rings (SSSR count). The summed E-state index contributed by atoms with van der Waals surface area (Å²) >= 11 is 6.20. The Kier molecular flexibility index (Phi) is 9.02. The van der Waals surface area contributed by atoms with Gasteiger partial charge in [0.15, 0.2) is 5.76 Å². The first kappa shape index (κ1) is 28.9. The van der Waals surface area contributed by atoms with Crippen molar-refractivity contribution in [3.05, 3.63) is 106 Å². The van der Waals surface area contributed by atoms with Gasteiger partial charge in [0.2, 0.25) is 0 Å². The van der Waals surface area contributed by atoms with E-state index in [4.69, 9.17) is 26.1 Å². The Hall–Kier alpha value is -5.14. The quantitative estimate of drug-likeness (QED) is 0.223. The Morgan fingerprint density at radius 2 is 1.83 bits per heavy atom. The predicted molar refractivity (Wildman–Crippen MR) is 150 cm³/mol. The number of carboxylic acids is 1. The molecule has 0 saturated carbocycles. The molecule has 10 nitrogen and oxygen atoms in total. The Morgan fingerprint density at radius 3 is 2.51 bits per heavy atom. The number of carboxylic acid groups (broad SMARTS) is 1. The molecule has 0 aliphatic carbocycles. The zero-order valence-electron chi connectivity index (χ0n) is 22.1. The molecule has 0 bridgehead atoms. The molecular weight excluding hydrogens is 548 g/mol. The van der Waals surface area contributed by atoms with Crippen LogP contribution in [0, 0.1) is 18.3 Å². The number of amides is 2. The summed E-state index contributed by atoms with van der Waals surface area (Å²) in [6, 6.07) is 20.5. The van der Waals surface area contributed by atoms with Crippen LogP contribution in [-0.4, -0.2) is 34.3 Å². The van der Waals surface area contributed by atoms with Crippen molar-refractivity contribution in [2.75, 3.05) is 5.32 Å². The molecule has 0 aliphatic rings. The van der Waals surface area contributed by atoms with Crippen LogP contribution in [0.5, 0.6) is 0 Å². The zero-order valence-corrected chi connectivity index (χ0v) is 22.8. The maximum atomic E-state index is 12.8. The van der Waals surface area contributed by atoms with Gasteiger partial charge in [0.05, 0.1) is 11.6 Å². The van der Waals surface area contributed by atoms with Crippen LogP contribution in [0.4, 0.5) is 10.5 Å². The van der Waals surface area contributed by atoms with Gasteiger partial charge < -0.3 is 19.7 Å². The van der Waals surface area contributed by atoms with Crippen LogP contribution in [-0.2, 0) is 16.0 Å². The second-order valence-corrected chi connectivity index (χ2v) is 9.53. The van der Waals surface area contributed by atoms with Crippen molar-refractivity contribution in [2.24, 2.45) is 0 Å². The van der Waals surface area contributed by atoms with E-state index in [1.54, 1.807) is 74.5 Å². The van der Waals surface area contributed by atoms with Crippen molar-refractivity contribution in [1.29, 1.82) is 5.26 Å². The third kappa shape index (κ3) is 7.09. The molecule has 41 heavy (non-hydrogen) atoms. The first-order chi connectivity index (χ1) is 19.7. The lowest BCUT2D eigenvalue weighted by molar-refractivity contribution is -0.139. The number of nitriles is 1. The van der Waals surface area contributed by atoms with E-state index in [1.165, 1.54) is 12.1 Å². The Labute approximate surface area is 240 Å². The smallest absolute Gasteiger partial charge is 0.412 e. The van der Waals surface area contributed by atoms with E-state index in [2.05, 4.69) is 15.8 Å². The number of ether oxygens (including phenoxy) is 1. The summed E-state index contributed by atoms with van der Waals surface area (Å²) in [6.07, 6.45) is -1.34. The first-order valence-electron chi connectivity index (χ1n) is 12.5. The summed E-state index contributed by atoms with van der Waals surface area (Å²) in [5.74, 6) is -1.55. The van der Waals surface area contributed by atoms with Gasteiger partial charge in [-0.1, -0.05) is 59.2 Å². The highest BCUT2D eigenvalue weighted by molar-refractivity contribution is 6.31. The maximum Gasteiger partial charge on any atom is 0.412 e. The van der Waals surface area contributed by atoms with Crippen molar-refractivity contribution in [3.8, 4) is 17.4 Å². The van der Waals surface area contributed by atoms with E-state index >= 15 is 0 Å². The fraction of sp³-hybridized carbons (Fsp3) is 0.167. The molecule has 1 heterocycles. The van der Waals surface area contributed by atoms with Crippen LogP contribution >= 0.6 is 11.6 Å². The van der Waals surface area contributed by atoms with E-state index in [1.807, 2.05) is 6.07 Å². The molecule has 0 saturated heterocycles. The van der Waals surface area contributed by atoms with Crippen LogP contribution in [0.15, 0.2) is 77.3 Å². The number of aromatic nitrogens is 1. The van der Waals surface area contributed by atoms with Gasteiger partial charge in [-0.3, -0.25) is 10.1 Å². The third-order valence-electron chi connectivity index (χ3n) is 6.23. The Bertz CT molecular complexity index is 1630. The number of hydrogen-bond acceptors (Lipinski definition) is 7. The minimum Gasteiger partial charge on any atom is -0.480 e. The number of hydrogen-bond donors (Lipinski definition) is 3. The molecule has 0 fully saturated rings. The van der Waals surface area contributed by atoms with Crippen molar-refractivity contribution in [1.82, 2.24) is 10.5 Å². The summed E-state index contributed by atoms with van der Waals surface area (Å²) in [7, 11) is 0. The molecular formula is C30H25ClN4O6. The average Bonchev–Trinajstić information content (AvgIpc) is 3.32. The molecule has 208 valence electrons. The number of halogens is 1. The van der Waals surface area contributed by atoms with Crippen LogP contribution in [0.25, 0.3) is 11.3 Å². The predicted octanol–water partition coefficient (Wildman–Crippen LogP) is 5.91. The van der Waals surface area contributed by atoms with Crippen LogP contribution in [0.2, 0.25) is 5.02 Å². The number of nitrogens with one attached hydrogen (secondary N) is 2. The van der Waals surface area contributed by atoms with Crippen molar-refractivity contribution < 1.29 is 28.8 Å². The first-order valence-corrected chi connectivity index (χ1v) is 12.9. The number of benzene rings is 3. The normalized spacial score (nSPS) is 12.0. The number of nitrogens with zero attached hydrogens (tertiary/aromatic N) is 2. The van der Waals surface area contributed by atoms with Crippen LogP contribution in [0.1, 0.15) is 45.8 Å². The molecule has 2 amide bonds. The summed E-state index contributed by atoms with van der Waals surface area (Å²) in [5, 5.41) is 28.3. The van der Waals surface area contributed by atoms with E-state index in [-0.39, 0.29) is 17.7 Å². The second-order valence-electron chi connectivity index (χ2n) is 9.12. The minimum atomic E-state index is -1.21. The largest absolute Gasteiger partial charge is 0.480 e. The van der Waals surface area contributed by atoms with Gasteiger partial charge >= 0.3 is 12.1 Å². The van der Waals surface area contributed by atoms with Gasteiger partial charge in [-0.05, 0) is 49.7 Å². The van der Waals surface area contributed by atoms with E-state index < -0.39 is 30.1 Å². The topological polar surface area (TPSA) is 155 Å². The highest BCUT2D eigenvalue weighted by atomic mass is 35.5. The average molecular weight is 573 g/mol. The molecule has 2 unspecified atom stereocenters. The van der Waals surface area contributed by atoms with Crippen LogP contribution < -0.4 is 10.6 Å². The fourth-order valence-electron chi connectivity index (χ4n) is 4.09. The van der Waals surface area contributed by atoms with Crippen molar-refractivity contribution in [3.63, 3.8) is 0 Å². The number of carbonyl (C=O) groups excluding carboxylic acids is 2. The van der Waals surface area contributed by atoms with E-state index in [0.29, 0.717) is 38.7 Å². The lowest BCUT2D eigenvalue weighted by atomic mass is 10.0. The van der Waals surface area contributed by atoms with Gasteiger partial charge in [-0.2, -0.15) is 5.26 Å². The van der Waals surface area contributed by atoms with Crippen molar-refractivity contribution in [2.45, 2.75) is 32.4 Å². The fourth-order valence-corrected chi connectivity index (χ4v) is 4.38. The number of carbonyl (C=O) groups is 3. The molecule has 0 aliphatic heterocycles. The van der Waals surface area contributed by atoms with Crippen molar-refractivity contribution >= 4 is 35.3 Å². The molecule has 2 atom stereocenters. The van der Waals surface area contributed by atoms with Gasteiger partial charge in [-0.25, -0.2) is 9.59 Å². The van der Waals surface area contributed by atoms with Gasteiger partial charge in [-0.15, -0.1) is 0 Å². The maximum absolute atomic E-state index is 12.8. The standard InChI is InChI=1S/C30H25ClN4O6/c1-17-26(34-30(39)40-18(2)23-8-3-4-9-24(23)31)27(41-35-17)21-10-12-22(13-11-21)28(36)33-25(29(37)38)15-19-6-5-7-20(14-19)16-32/h3-14,18,25H,15H2,1-2H3,(H,33,36)(H,34,39)(H,37,38). The number of rotatable bonds is 9. The summed E-state index contributed by atoms with van der Waals surface area (Å²) in [5.41, 5.74) is 3.09. The molecule has 4 aromatic rings.